The highest BCUT2D eigenvalue weighted by atomic mass is 16.6. The summed E-state index contributed by atoms with van der Waals surface area (Å²) < 4.78 is 21.3. The molecule has 2 heterocycles. The first kappa shape index (κ1) is 22.3. The molecule has 0 aromatic carbocycles. The Labute approximate surface area is 186 Å². The Morgan fingerprint density at radius 1 is 1.25 bits per heavy atom. The first-order chi connectivity index (χ1) is 15.2. The SMILES string of the molecule is C=CC(=O)O[C@H]1C[C@@H](C(=O)OC)[C@]2(C)CC[C@H]3C(=O)O[C@@H](c4ccoc4)C[C@]3(C)[C@H]2C1=O. The van der Waals surface area contributed by atoms with E-state index in [1.54, 1.807) is 6.07 Å². The van der Waals surface area contributed by atoms with Crippen molar-refractivity contribution in [1.82, 2.24) is 0 Å². The Morgan fingerprint density at radius 3 is 2.62 bits per heavy atom. The van der Waals surface area contributed by atoms with Gasteiger partial charge in [0.05, 0.1) is 31.5 Å². The number of hydrogen-bond acceptors (Lipinski definition) is 8. The van der Waals surface area contributed by atoms with Crippen molar-refractivity contribution in [2.75, 3.05) is 7.11 Å². The van der Waals surface area contributed by atoms with Gasteiger partial charge in [-0.1, -0.05) is 20.4 Å². The highest BCUT2D eigenvalue weighted by molar-refractivity contribution is 5.94. The van der Waals surface area contributed by atoms with Crippen LogP contribution in [0, 0.1) is 28.6 Å². The molecule has 4 rings (SSSR count). The van der Waals surface area contributed by atoms with Crippen LogP contribution in [0.5, 0.6) is 0 Å². The minimum absolute atomic E-state index is 0.0500. The zero-order chi connectivity index (χ0) is 23.3. The molecule has 1 aromatic rings. The molecule has 1 saturated heterocycles. The third-order valence-corrected chi connectivity index (χ3v) is 7.93. The number of hydrogen-bond donors (Lipinski definition) is 0. The van der Waals surface area contributed by atoms with Crippen molar-refractivity contribution in [2.24, 2.45) is 28.6 Å². The molecular weight excluding hydrogens is 416 g/mol. The molecule has 8 heteroatoms. The number of ketones is 1. The van der Waals surface area contributed by atoms with Crippen molar-refractivity contribution in [3.63, 3.8) is 0 Å². The Morgan fingerprint density at radius 2 is 2.00 bits per heavy atom. The fraction of sp³-hybridized carbons (Fsp3) is 0.583. The zero-order valence-corrected chi connectivity index (χ0v) is 18.5. The van der Waals surface area contributed by atoms with Crippen molar-refractivity contribution in [2.45, 2.75) is 51.7 Å². The number of furan rings is 1. The smallest absolute Gasteiger partial charge is 0.330 e. The van der Waals surface area contributed by atoms with E-state index in [-0.39, 0.29) is 18.2 Å². The van der Waals surface area contributed by atoms with Gasteiger partial charge in [-0.25, -0.2) is 4.79 Å². The number of rotatable bonds is 4. The van der Waals surface area contributed by atoms with Crippen LogP contribution < -0.4 is 0 Å². The number of cyclic esters (lactones) is 1. The molecule has 0 spiro atoms. The van der Waals surface area contributed by atoms with Crippen molar-refractivity contribution in [1.29, 1.82) is 0 Å². The molecule has 0 radical (unpaired) electrons. The van der Waals surface area contributed by atoms with E-state index in [9.17, 15) is 19.2 Å². The van der Waals surface area contributed by atoms with Gasteiger partial charge >= 0.3 is 17.9 Å². The molecular formula is C24H28O8. The first-order valence-electron chi connectivity index (χ1n) is 10.8. The molecule has 1 aliphatic heterocycles. The van der Waals surface area contributed by atoms with Crippen LogP contribution >= 0.6 is 0 Å². The zero-order valence-electron chi connectivity index (χ0n) is 18.5. The topological polar surface area (TPSA) is 109 Å². The standard InChI is InChI=1S/C24H28O8/c1-5-18(25)31-16-10-15(21(27)29-4)23(2)8-6-14-22(28)32-17(13-7-9-30-12-13)11-24(14,3)20(23)19(16)26/h5,7,9,12,14-17,20H,1,6,8,10-11H2,2-4H3/t14-,15-,16-,17+,20-,23-,24-/m0/s1. The summed E-state index contributed by atoms with van der Waals surface area (Å²) in [5.74, 6) is -3.66. The lowest BCUT2D eigenvalue weighted by atomic mass is 9.43. The van der Waals surface area contributed by atoms with E-state index < -0.39 is 52.7 Å². The predicted octanol–water partition coefficient (Wildman–Crippen LogP) is 3.17. The van der Waals surface area contributed by atoms with Gasteiger partial charge in [-0.15, -0.1) is 0 Å². The second-order valence-electron chi connectivity index (χ2n) is 9.57. The molecule has 172 valence electrons. The summed E-state index contributed by atoms with van der Waals surface area (Å²) in [6.07, 6.45) is 3.78. The summed E-state index contributed by atoms with van der Waals surface area (Å²) in [4.78, 5) is 51.6. The average molecular weight is 444 g/mol. The van der Waals surface area contributed by atoms with Gasteiger partial charge in [-0.3, -0.25) is 14.4 Å². The molecule has 0 unspecified atom stereocenters. The molecule has 3 fully saturated rings. The quantitative estimate of drug-likeness (QED) is 0.396. The average Bonchev–Trinajstić information content (AvgIpc) is 3.29. The van der Waals surface area contributed by atoms with Crippen LogP contribution in [-0.4, -0.2) is 36.9 Å². The Hall–Kier alpha value is -2.90. The van der Waals surface area contributed by atoms with Gasteiger partial charge in [0.2, 0.25) is 0 Å². The van der Waals surface area contributed by atoms with Crippen molar-refractivity contribution < 1.29 is 37.8 Å². The van der Waals surface area contributed by atoms with Gasteiger partial charge in [-0.05, 0) is 36.2 Å². The Balaban J connectivity index is 1.79. The molecule has 3 aliphatic rings. The van der Waals surface area contributed by atoms with Crippen molar-refractivity contribution in [3.8, 4) is 0 Å². The second kappa shape index (κ2) is 7.90. The van der Waals surface area contributed by atoms with Crippen LogP contribution in [0.2, 0.25) is 0 Å². The molecule has 0 bridgehead atoms. The molecule has 7 atom stereocenters. The lowest BCUT2D eigenvalue weighted by Crippen LogP contribution is -2.64. The fourth-order valence-electron chi connectivity index (χ4n) is 6.45. The maximum atomic E-state index is 13.8. The lowest BCUT2D eigenvalue weighted by Gasteiger charge is -2.60. The summed E-state index contributed by atoms with van der Waals surface area (Å²) in [5.41, 5.74) is -0.828. The maximum absolute atomic E-state index is 13.8. The van der Waals surface area contributed by atoms with Crippen LogP contribution in [0.3, 0.4) is 0 Å². The fourth-order valence-corrected chi connectivity index (χ4v) is 6.45. The molecule has 0 N–H and O–H groups in total. The van der Waals surface area contributed by atoms with Crippen LogP contribution in [0.15, 0.2) is 35.7 Å². The monoisotopic (exact) mass is 444 g/mol. The van der Waals surface area contributed by atoms with Crippen molar-refractivity contribution in [3.05, 3.63) is 36.8 Å². The lowest BCUT2D eigenvalue weighted by molar-refractivity contribution is -0.210. The second-order valence-corrected chi connectivity index (χ2v) is 9.57. The van der Waals surface area contributed by atoms with E-state index >= 15 is 0 Å². The van der Waals surface area contributed by atoms with Gasteiger partial charge < -0.3 is 18.6 Å². The van der Waals surface area contributed by atoms with E-state index in [1.165, 1.54) is 19.6 Å². The molecule has 2 aliphatic carbocycles. The number of fused-ring (bicyclic) bond motifs is 3. The van der Waals surface area contributed by atoms with Crippen LogP contribution in [-0.2, 0) is 33.4 Å². The van der Waals surface area contributed by atoms with Gasteiger partial charge in [-0.2, -0.15) is 0 Å². The summed E-state index contributed by atoms with van der Waals surface area (Å²) in [6, 6.07) is 1.73. The first-order valence-corrected chi connectivity index (χ1v) is 10.8. The summed E-state index contributed by atoms with van der Waals surface area (Å²) in [7, 11) is 1.31. The van der Waals surface area contributed by atoms with E-state index in [1.807, 2.05) is 13.8 Å². The summed E-state index contributed by atoms with van der Waals surface area (Å²) in [6.45, 7) is 7.22. The predicted molar refractivity (Wildman–Crippen MR) is 110 cm³/mol. The van der Waals surface area contributed by atoms with Gasteiger partial charge in [0.15, 0.2) is 11.9 Å². The van der Waals surface area contributed by atoms with Crippen molar-refractivity contribution >= 4 is 23.7 Å². The number of ether oxygens (including phenoxy) is 3. The maximum Gasteiger partial charge on any atom is 0.330 e. The normalized spacial score (nSPS) is 38.7. The molecule has 2 saturated carbocycles. The van der Waals surface area contributed by atoms with E-state index in [0.717, 1.165) is 6.08 Å². The minimum atomic E-state index is -1.11. The number of carbonyl (C=O) groups excluding carboxylic acids is 4. The van der Waals surface area contributed by atoms with Crippen LogP contribution in [0.1, 0.15) is 51.2 Å². The van der Waals surface area contributed by atoms with E-state index in [0.29, 0.717) is 24.8 Å². The number of Topliss-reactive ketones (excluding diaryl/α,β-unsaturated/α-hetero) is 1. The molecule has 0 amide bonds. The van der Waals surface area contributed by atoms with Crippen LogP contribution in [0.4, 0.5) is 0 Å². The van der Waals surface area contributed by atoms with E-state index in [4.69, 9.17) is 18.6 Å². The number of carbonyl (C=O) groups is 4. The molecule has 32 heavy (non-hydrogen) atoms. The number of methoxy groups -OCH3 is 1. The number of esters is 3. The minimum Gasteiger partial charge on any atom is -0.472 e. The van der Waals surface area contributed by atoms with Crippen LogP contribution in [0.25, 0.3) is 0 Å². The van der Waals surface area contributed by atoms with Gasteiger partial charge in [0.1, 0.15) is 6.10 Å². The third kappa shape index (κ3) is 3.27. The Bertz CT molecular complexity index is 949. The highest BCUT2D eigenvalue weighted by Crippen LogP contribution is 2.65. The molecule has 1 aromatic heterocycles. The van der Waals surface area contributed by atoms with Gasteiger partial charge in [0, 0.05) is 24.0 Å². The van der Waals surface area contributed by atoms with Gasteiger partial charge in [0.25, 0.3) is 0 Å². The Kier molecular flexibility index (Phi) is 5.51. The molecule has 8 nitrogen and oxygen atoms in total. The third-order valence-electron chi connectivity index (χ3n) is 7.93. The van der Waals surface area contributed by atoms with E-state index in [2.05, 4.69) is 6.58 Å². The largest absolute Gasteiger partial charge is 0.472 e. The highest BCUT2D eigenvalue weighted by Gasteiger charge is 2.67. The summed E-state index contributed by atoms with van der Waals surface area (Å²) >= 11 is 0. The summed E-state index contributed by atoms with van der Waals surface area (Å²) in [5, 5.41) is 0.